The summed E-state index contributed by atoms with van der Waals surface area (Å²) < 4.78 is 5.90. The van der Waals surface area contributed by atoms with Crippen molar-refractivity contribution in [3.63, 3.8) is 0 Å². The number of aliphatic hydroxyl groups excluding tert-OH is 4. The van der Waals surface area contributed by atoms with Gasteiger partial charge in [0, 0.05) is 6.61 Å². The first-order valence-corrected chi connectivity index (χ1v) is 12.6. The van der Waals surface area contributed by atoms with Gasteiger partial charge in [0.05, 0.1) is 6.04 Å². The zero-order chi connectivity index (χ0) is 22.2. The first-order valence-electron chi connectivity index (χ1n) is 12.6. The molecule has 6 nitrogen and oxygen atoms in total. The van der Waals surface area contributed by atoms with E-state index in [4.69, 9.17) is 4.74 Å². The molecule has 0 spiro atoms. The van der Waals surface area contributed by atoms with Crippen molar-refractivity contribution in [1.82, 2.24) is 5.32 Å². The van der Waals surface area contributed by atoms with Crippen molar-refractivity contribution < 1.29 is 25.2 Å². The number of rotatable bonds is 18. The highest BCUT2D eigenvalue weighted by molar-refractivity contribution is 5.02. The summed E-state index contributed by atoms with van der Waals surface area (Å²) in [5.74, 6) is 0. The summed E-state index contributed by atoms with van der Waals surface area (Å²) in [4.78, 5) is 0. The first-order chi connectivity index (χ1) is 14.5. The highest BCUT2D eigenvalue weighted by atomic mass is 16.5. The molecule has 0 bridgehead atoms. The van der Waals surface area contributed by atoms with Gasteiger partial charge in [0.25, 0.3) is 0 Å². The molecule has 0 unspecified atom stereocenters. The van der Waals surface area contributed by atoms with E-state index in [9.17, 15) is 20.4 Å². The van der Waals surface area contributed by atoms with Crippen LogP contribution in [0, 0.1) is 0 Å². The fourth-order valence-corrected chi connectivity index (χ4v) is 4.29. The van der Waals surface area contributed by atoms with Gasteiger partial charge in [0.1, 0.15) is 30.5 Å². The smallest absolute Gasteiger partial charge is 0.111 e. The lowest BCUT2D eigenvalue weighted by molar-refractivity contribution is -0.203. The molecule has 0 aromatic heterocycles. The Labute approximate surface area is 184 Å². The van der Waals surface area contributed by atoms with E-state index in [0.717, 1.165) is 25.7 Å². The Kier molecular flexibility index (Phi) is 16.1. The maximum Gasteiger partial charge on any atom is 0.111 e. The van der Waals surface area contributed by atoms with Crippen molar-refractivity contribution in [3.8, 4) is 0 Å². The van der Waals surface area contributed by atoms with Crippen molar-refractivity contribution in [1.29, 1.82) is 0 Å². The summed E-state index contributed by atoms with van der Waals surface area (Å²) >= 11 is 0. The second kappa shape index (κ2) is 17.3. The van der Waals surface area contributed by atoms with Crippen LogP contribution in [0.1, 0.15) is 104 Å². The molecular weight excluding hydrogens is 382 g/mol. The molecule has 1 saturated carbocycles. The number of hydrogen-bond acceptors (Lipinski definition) is 6. The summed E-state index contributed by atoms with van der Waals surface area (Å²) in [6.45, 7) is 5.61. The predicted octanol–water partition coefficient (Wildman–Crippen LogP) is 3.29. The zero-order valence-electron chi connectivity index (χ0n) is 19.5. The van der Waals surface area contributed by atoms with Crippen LogP contribution in [0.4, 0.5) is 0 Å². The van der Waals surface area contributed by atoms with Crippen molar-refractivity contribution >= 4 is 0 Å². The Balaban J connectivity index is 2.36. The van der Waals surface area contributed by atoms with Crippen LogP contribution < -0.4 is 5.32 Å². The molecule has 1 aliphatic carbocycles. The van der Waals surface area contributed by atoms with E-state index in [1.54, 1.807) is 0 Å². The summed E-state index contributed by atoms with van der Waals surface area (Å²) in [6.07, 6.45) is 10.8. The van der Waals surface area contributed by atoms with Crippen LogP contribution >= 0.6 is 0 Å². The Bertz CT molecular complexity index is 362. The van der Waals surface area contributed by atoms with Crippen LogP contribution in [0.5, 0.6) is 0 Å². The monoisotopic (exact) mass is 431 g/mol. The highest BCUT2D eigenvalue weighted by Crippen LogP contribution is 2.24. The van der Waals surface area contributed by atoms with Crippen LogP contribution in [0.2, 0.25) is 0 Å². The maximum atomic E-state index is 10.5. The van der Waals surface area contributed by atoms with Crippen molar-refractivity contribution in [2.75, 3.05) is 13.2 Å². The maximum absolute atomic E-state index is 10.5. The SMILES string of the molecule is CCCCCCCCCN[C@H]1[C@H](O)[C@@H](O)[C@H](O)[C@@H](O)[C@H]1OCCCCCCCCC. The van der Waals surface area contributed by atoms with E-state index in [-0.39, 0.29) is 0 Å². The second-order valence-corrected chi connectivity index (χ2v) is 9.02. The molecule has 0 aromatic rings. The normalized spacial score (nSPS) is 29.4. The standard InChI is InChI=1S/C24H49NO5/c1-3-5-7-9-11-13-15-17-25-19-20(26)21(27)22(28)23(29)24(19)30-18-16-14-12-10-8-6-4-2/h19-29H,3-18H2,1-2H3/t19-,20-,21+,22-,23+,24-/m0/s1. The third-order valence-electron chi connectivity index (χ3n) is 6.33. The molecule has 6 atom stereocenters. The summed E-state index contributed by atoms with van der Waals surface area (Å²) in [5.41, 5.74) is 0. The van der Waals surface area contributed by atoms with E-state index in [0.29, 0.717) is 13.2 Å². The Morgan fingerprint density at radius 3 is 1.60 bits per heavy atom. The van der Waals surface area contributed by atoms with Crippen LogP contribution in [0.25, 0.3) is 0 Å². The molecular formula is C24H49NO5. The zero-order valence-corrected chi connectivity index (χ0v) is 19.5. The first kappa shape index (κ1) is 27.8. The topological polar surface area (TPSA) is 102 Å². The van der Waals surface area contributed by atoms with Gasteiger partial charge in [-0.05, 0) is 19.4 Å². The molecule has 0 amide bonds. The Morgan fingerprint density at radius 1 is 0.567 bits per heavy atom. The average molecular weight is 432 g/mol. The minimum Gasteiger partial charge on any atom is -0.389 e. The van der Waals surface area contributed by atoms with Gasteiger partial charge in [0.15, 0.2) is 0 Å². The van der Waals surface area contributed by atoms with E-state index in [1.807, 2.05) is 0 Å². The molecule has 6 heteroatoms. The van der Waals surface area contributed by atoms with E-state index in [2.05, 4.69) is 19.2 Å². The molecule has 0 saturated heterocycles. The number of unbranched alkanes of at least 4 members (excludes halogenated alkanes) is 12. The molecule has 30 heavy (non-hydrogen) atoms. The Morgan fingerprint density at radius 2 is 1.03 bits per heavy atom. The fourth-order valence-electron chi connectivity index (χ4n) is 4.29. The summed E-state index contributed by atoms with van der Waals surface area (Å²) in [7, 11) is 0. The lowest BCUT2D eigenvalue weighted by atomic mass is 9.83. The molecule has 180 valence electrons. The number of nitrogens with one attached hydrogen (secondary N) is 1. The average Bonchev–Trinajstić information content (AvgIpc) is 2.75. The van der Waals surface area contributed by atoms with Gasteiger partial charge < -0.3 is 30.5 Å². The molecule has 5 N–H and O–H groups in total. The fraction of sp³-hybridized carbons (Fsp3) is 1.00. The van der Waals surface area contributed by atoms with Gasteiger partial charge >= 0.3 is 0 Å². The van der Waals surface area contributed by atoms with Crippen LogP contribution in [-0.4, -0.2) is 70.1 Å². The number of ether oxygens (including phenoxy) is 1. The second-order valence-electron chi connectivity index (χ2n) is 9.02. The van der Waals surface area contributed by atoms with Crippen LogP contribution in [0.15, 0.2) is 0 Å². The van der Waals surface area contributed by atoms with Crippen LogP contribution in [-0.2, 0) is 4.74 Å². The van der Waals surface area contributed by atoms with Gasteiger partial charge in [0.2, 0.25) is 0 Å². The third-order valence-corrected chi connectivity index (χ3v) is 6.33. The minimum atomic E-state index is -1.39. The van der Waals surface area contributed by atoms with Gasteiger partial charge in [-0.3, -0.25) is 0 Å². The van der Waals surface area contributed by atoms with Gasteiger partial charge in [-0.2, -0.15) is 0 Å². The molecule has 1 aliphatic rings. The molecule has 0 aromatic carbocycles. The quantitative estimate of drug-likeness (QED) is 0.213. The Hall–Kier alpha value is -0.240. The molecule has 0 radical (unpaired) electrons. The van der Waals surface area contributed by atoms with Crippen LogP contribution in [0.3, 0.4) is 0 Å². The van der Waals surface area contributed by atoms with Gasteiger partial charge in [-0.15, -0.1) is 0 Å². The van der Waals surface area contributed by atoms with Crippen molar-refractivity contribution in [3.05, 3.63) is 0 Å². The van der Waals surface area contributed by atoms with E-state index in [1.165, 1.54) is 64.2 Å². The number of hydrogen-bond donors (Lipinski definition) is 5. The lowest BCUT2D eigenvalue weighted by Gasteiger charge is -2.44. The molecule has 1 rings (SSSR count). The van der Waals surface area contributed by atoms with Crippen molar-refractivity contribution in [2.24, 2.45) is 0 Å². The van der Waals surface area contributed by atoms with Gasteiger partial charge in [-0.1, -0.05) is 90.9 Å². The summed E-state index contributed by atoms with van der Waals surface area (Å²) in [5, 5.41) is 44.3. The largest absolute Gasteiger partial charge is 0.389 e. The third kappa shape index (κ3) is 10.4. The minimum absolute atomic E-state index is 0.487. The van der Waals surface area contributed by atoms with E-state index < -0.39 is 36.6 Å². The van der Waals surface area contributed by atoms with E-state index >= 15 is 0 Å². The number of aliphatic hydroxyl groups is 4. The molecule has 0 aliphatic heterocycles. The van der Waals surface area contributed by atoms with Crippen molar-refractivity contribution in [2.45, 2.75) is 140 Å². The highest BCUT2D eigenvalue weighted by Gasteiger charge is 2.49. The van der Waals surface area contributed by atoms with Gasteiger partial charge in [-0.25, -0.2) is 0 Å². The lowest BCUT2D eigenvalue weighted by Crippen LogP contribution is -2.68. The predicted molar refractivity (Wildman–Crippen MR) is 122 cm³/mol. The molecule has 1 fully saturated rings. The molecule has 0 heterocycles. The summed E-state index contributed by atoms with van der Waals surface area (Å²) in [6, 6.07) is -0.581.